The van der Waals surface area contributed by atoms with Crippen LogP contribution in [0.15, 0.2) is 36.5 Å². The summed E-state index contributed by atoms with van der Waals surface area (Å²) in [5.41, 5.74) is 0.825. The van der Waals surface area contributed by atoms with Crippen molar-refractivity contribution >= 4 is 23.2 Å². The standard InChI is InChI=1S/C18H22FN5O2/c1-2-26-16-5-3-13(19)11-15(16)23-18(25)22-14-4-6-17(21-12-14)24-9-7-20-8-10-24/h3-6,11-12,20H,2,7-10H2,1H3,(H2,22,23,25). The van der Waals surface area contributed by atoms with Crippen LogP contribution < -0.4 is 25.6 Å². The van der Waals surface area contributed by atoms with Crippen molar-refractivity contribution in [3.05, 3.63) is 42.3 Å². The summed E-state index contributed by atoms with van der Waals surface area (Å²) >= 11 is 0. The smallest absolute Gasteiger partial charge is 0.323 e. The van der Waals surface area contributed by atoms with Gasteiger partial charge in [0.25, 0.3) is 0 Å². The Bertz CT molecular complexity index is 748. The van der Waals surface area contributed by atoms with Gasteiger partial charge >= 0.3 is 6.03 Å². The van der Waals surface area contributed by atoms with E-state index in [1.165, 1.54) is 18.2 Å². The minimum absolute atomic E-state index is 0.273. The molecule has 1 fully saturated rings. The molecular weight excluding hydrogens is 337 g/mol. The molecule has 2 amide bonds. The largest absolute Gasteiger partial charge is 0.492 e. The molecular formula is C18H22FN5O2. The number of ether oxygens (including phenoxy) is 1. The van der Waals surface area contributed by atoms with E-state index in [0.29, 0.717) is 18.0 Å². The fourth-order valence-corrected chi connectivity index (χ4v) is 2.71. The number of nitrogens with one attached hydrogen (secondary N) is 3. The Balaban J connectivity index is 1.62. The first-order valence-corrected chi connectivity index (χ1v) is 8.58. The molecule has 1 aliphatic rings. The van der Waals surface area contributed by atoms with E-state index in [1.54, 1.807) is 12.3 Å². The van der Waals surface area contributed by atoms with Crippen LogP contribution in [-0.2, 0) is 0 Å². The third kappa shape index (κ3) is 4.60. The van der Waals surface area contributed by atoms with Crippen molar-refractivity contribution in [1.82, 2.24) is 10.3 Å². The molecule has 1 saturated heterocycles. The summed E-state index contributed by atoms with van der Waals surface area (Å²) in [7, 11) is 0. The first-order chi connectivity index (χ1) is 12.7. The molecule has 2 heterocycles. The highest BCUT2D eigenvalue weighted by atomic mass is 19.1. The van der Waals surface area contributed by atoms with E-state index >= 15 is 0 Å². The molecule has 2 aromatic rings. The third-order valence-electron chi connectivity index (χ3n) is 3.94. The van der Waals surface area contributed by atoms with E-state index in [2.05, 4.69) is 25.8 Å². The number of piperazine rings is 1. The number of pyridine rings is 1. The Kier molecular flexibility index (Phi) is 5.85. The second kappa shape index (κ2) is 8.48. The molecule has 0 radical (unpaired) electrons. The molecule has 1 aromatic carbocycles. The molecule has 0 aliphatic carbocycles. The van der Waals surface area contributed by atoms with Gasteiger partial charge in [0.15, 0.2) is 0 Å². The molecule has 0 unspecified atom stereocenters. The quantitative estimate of drug-likeness (QED) is 0.765. The lowest BCUT2D eigenvalue weighted by Gasteiger charge is -2.28. The summed E-state index contributed by atoms with van der Waals surface area (Å²) in [6, 6.07) is 7.16. The fourth-order valence-electron chi connectivity index (χ4n) is 2.71. The average Bonchev–Trinajstić information content (AvgIpc) is 2.65. The second-order valence-corrected chi connectivity index (χ2v) is 5.79. The average molecular weight is 359 g/mol. The minimum atomic E-state index is -0.492. The fraction of sp³-hybridized carbons (Fsp3) is 0.333. The molecule has 138 valence electrons. The molecule has 7 nitrogen and oxygen atoms in total. The zero-order chi connectivity index (χ0) is 18.4. The van der Waals surface area contributed by atoms with Gasteiger partial charge in [0, 0.05) is 32.2 Å². The van der Waals surface area contributed by atoms with Gasteiger partial charge in [-0.25, -0.2) is 14.2 Å². The highest BCUT2D eigenvalue weighted by Gasteiger charge is 2.12. The molecule has 0 atom stereocenters. The highest BCUT2D eigenvalue weighted by molar-refractivity contribution is 6.00. The van der Waals surface area contributed by atoms with Crippen molar-refractivity contribution in [2.75, 3.05) is 48.3 Å². The zero-order valence-electron chi connectivity index (χ0n) is 14.6. The zero-order valence-corrected chi connectivity index (χ0v) is 14.6. The van der Waals surface area contributed by atoms with Gasteiger partial charge in [-0.2, -0.15) is 0 Å². The number of carbonyl (C=O) groups excluding carboxylic acids is 1. The maximum atomic E-state index is 13.4. The number of anilines is 3. The topological polar surface area (TPSA) is 78.5 Å². The van der Waals surface area contributed by atoms with Crippen molar-refractivity contribution in [3.8, 4) is 5.75 Å². The Morgan fingerprint density at radius 2 is 2.08 bits per heavy atom. The van der Waals surface area contributed by atoms with Crippen molar-refractivity contribution in [3.63, 3.8) is 0 Å². The Morgan fingerprint density at radius 3 is 2.77 bits per heavy atom. The maximum absolute atomic E-state index is 13.4. The van der Waals surface area contributed by atoms with Crippen LogP contribution in [0.5, 0.6) is 5.75 Å². The van der Waals surface area contributed by atoms with Crippen LogP contribution in [0.1, 0.15) is 6.92 Å². The van der Waals surface area contributed by atoms with E-state index in [1.807, 2.05) is 13.0 Å². The van der Waals surface area contributed by atoms with Crippen LogP contribution in [0.2, 0.25) is 0 Å². The lowest BCUT2D eigenvalue weighted by molar-refractivity contribution is 0.262. The van der Waals surface area contributed by atoms with Gasteiger partial charge in [-0.05, 0) is 31.2 Å². The second-order valence-electron chi connectivity index (χ2n) is 5.79. The molecule has 3 rings (SSSR count). The Hall–Kier alpha value is -2.87. The van der Waals surface area contributed by atoms with Gasteiger partial charge in [0.2, 0.25) is 0 Å². The Morgan fingerprint density at radius 1 is 1.27 bits per heavy atom. The summed E-state index contributed by atoms with van der Waals surface area (Å²) in [6.45, 7) is 5.90. The minimum Gasteiger partial charge on any atom is -0.492 e. The third-order valence-corrected chi connectivity index (χ3v) is 3.94. The van der Waals surface area contributed by atoms with Crippen LogP contribution in [0, 0.1) is 5.82 Å². The van der Waals surface area contributed by atoms with E-state index in [4.69, 9.17) is 4.74 Å². The number of urea groups is 1. The molecule has 1 aromatic heterocycles. The Labute approximate surface area is 151 Å². The van der Waals surface area contributed by atoms with Crippen molar-refractivity contribution in [1.29, 1.82) is 0 Å². The predicted molar refractivity (Wildman–Crippen MR) is 99.5 cm³/mol. The summed E-state index contributed by atoms with van der Waals surface area (Å²) < 4.78 is 18.8. The summed E-state index contributed by atoms with van der Waals surface area (Å²) in [5.74, 6) is 0.836. The number of carbonyl (C=O) groups is 1. The van der Waals surface area contributed by atoms with Gasteiger partial charge in [-0.1, -0.05) is 0 Å². The highest BCUT2D eigenvalue weighted by Crippen LogP contribution is 2.25. The number of rotatable bonds is 5. The molecule has 1 aliphatic heterocycles. The van der Waals surface area contributed by atoms with E-state index in [0.717, 1.165) is 32.0 Å². The van der Waals surface area contributed by atoms with Crippen molar-refractivity contribution in [2.24, 2.45) is 0 Å². The van der Waals surface area contributed by atoms with Crippen LogP contribution in [0.4, 0.5) is 26.4 Å². The summed E-state index contributed by atoms with van der Waals surface area (Å²) in [4.78, 5) is 18.8. The lowest BCUT2D eigenvalue weighted by Crippen LogP contribution is -2.43. The molecule has 3 N–H and O–H groups in total. The van der Waals surface area contributed by atoms with Gasteiger partial charge in [-0.15, -0.1) is 0 Å². The number of hydrogen-bond acceptors (Lipinski definition) is 5. The molecule has 0 saturated carbocycles. The van der Waals surface area contributed by atoms with Crippen LogP contribution in [-0.4, -0.2) is 43.8 Å². The maximum Gasteiger partial charge on any atom is 0.323 e. The number of benzene rings is 1. The summed E-state index contributed by atoms with van der Waals surface area (Å²) in [6.07, 6.45) is 1.60. The lowest BCUT2D eigenvalue weighted by atomic mass is 10.3. The molecule has 0 spiro atoms. The number of nitrogens with zero attached hydrogens (tertiary/aromatic N) is 2. The summed E-state index contributed by atoms with van der Waals surface area (Å²) in [5, 5.41) is 8.58. The van der Waals surface area contributed by atoms with Crippen LogP contribution >= 0.6 is 0 Å². The van der Waals surface area contributed by atoms with Crippen molar-refractivity contribution < 1.29 is 13.9 Å². The number of aromatic nitrogens is 1. The number of halogens is 1. The van der Waals surface area contributed by atoms with Gasteiger partial charge in [0.05, 0.1) is 24.2 Å². The number of amides is 2. The van der Waals surface area contributed by atoms with E-state index in [9.17, 15) is 9.18 Å². The van der Waals surface area contributed by atoms with Crippen molar-refractivity contribution in [2.45, 2.75) is 6.92 Å². The first-order valence-electron chi connectivity index (χ1n) is 8.58. The van der Waals surface area contributed by atoms with Gasteiger partial charge in [-0.3, -0.25) is 0 Å². The SMILES string of the molecule is CCOc1ccc(F)cc1NC(=O)Nc1ccc(N2CCNCC2)nc1. The number of hydrogen-bond donors (Lipinski definition) is 3. The van der Waals surface area contributed by atoms with Gasteiger partial charge in [0.1, 0.15) is 17.4 Å². The van der Waals surface area contributed by atoms with Crippen LogP contribution in [0.25, 0.3) is 0 Å². The normalized spacial score (nSPS) is 14.0. The molecule has 26 heavy (non-hydrogen) atoms. The monoisotopic (exact) mass is 359 g/mol. The van der Waals surface area contributed by atoms with E-state index in [-0.39, 0.29) is 5.69 Å². The van der Waals surface area contributed by atoms with Crippen LogP contribution in [0.3, 0.4) is 0 Å². The first kappa shape index (κ1) is 17.9. The predicted octanol–water partition coefficient (Wildman–Crippen LogP) is 2.67. The molecule has 0 bridgehead atoms. The van der Waals surface area contributed by atoms with Gasteiger partial charge < -0.3 is 25.6 Å². The molecule has 8 heteroatoms. The van der Waals surface area contributed by atoms with E-state index < -0.39 is 11.8 Å².